The number of anilines is 1. The van der Waals surface area contributed by atoms with Crippen LogP contribution in [0.5, 0.6) is 11.5 Å². The molecule has 0 bridgehead atoms. The minimum absolute atomic E-state index is 0.140. The molecule has 4 amide bonds. The van der Waals surface area contributed by atoms with Crippen LogP contribution in [0.25, 0.3) is 6.08 Å². The van der Waals surface area contributed by atoms with Crippen LogP contribution in [0.3, 0.4) is 0 Å². The topological polar surface area (TPSA) is 114 Å². The molecule has 0 aliphatic carbocycles. The van der Waals surface area contributed by atoms with Crippen molar-refractivity contribution in [2.45, 2.75) is 13.8 Å². The largest absolute Gasteiger partial charge is 0.493 e. The van der Waals surface area contributed by atoms with E-state index in [1.54, 1.807) is 35.2 Å². The smallest absolute Gasteiger partial charge is 0.294 e. The van der Waals surface area contributed by atoms with Gasteiger partial charge in [0.15, 0.2) is 18.1 Å². The third-order valence-corrected chi connectivity index (χ3v) is 6.94. The maximum Gasteiger partial charge on any atom is 0.294 e. The Labute approximate surface area is 224 Å². The van der Waals surface area contributed by atoms with Crippen LogP contribution >= 0.6 is 11.8 Å². The average molecular weight is 540 g/mol. The molecule has 2 heterocycles. The number of rotatable bonds is 8. The van der Waals surface area contributed by atoms with Gasteiger partial charge < -0.3 is 24.4 Å². The zero-order chi connectivity index (χ0) is 27.2. The van der Waals surface area contributed by atoms with E-state index in [4.69, 9.17) is 14.2 Å². The number of aryl methyl sites for hydroxylation is 2. The Morgan fingerprint density at radius 3 is 2.55 bits per heavy atom. The van der Waals surface area contributed by atoms with E-state index in [2.05, 4.69) is 5.32 Å². The zero-order valence-corrected chi connectivity index (χ0v) is 22.3. The molecule has 0 aromatic heterocycles. The van der Waals surface area contributed by atoms with Crippen molar-refractivity contribution < 1.29 is 33.4 Å². The van der Waals surface area contributed by atoms with Gasteiger partial charge in [-0.25, -0.2) is 0 Å². The number of ether oxygens (including phenoxy) is 3. The minimum atomic E-state index is -0.550. The normalized spacial score (nSPS) is 16.7. The first-order valence-corrected chi connectivity index (χ1v) is 12.9. The van der Waals surface area contributed by atoms with Gasteiger partial charge in [0.05, 0.1) is 25.2 Å². The standard InChI is InChI=1S/C27H29N3O7S/c1-17-4-6-20(18(2)12-17)28-24(31)15-30-26(33)23(38-27(30)34)14-19-5-7-21(22(13-19)35-3)37-16-25(32)29-8-10-36-11-9-29/h4-7,12-14H,8-11,15-16H2,1-3H3,(H,28,31)/b23-14-. The summed E-state index contributed by atoms with van der Waals surface area (Å²) in [5.41, 5.74) is 3.18. The molecule has 2 fully saturated rings. The highest BCUT2D eigenvalue weighted by Crippen LogP contribution is 2.34. The van der Waals surface area contributed by atoms with E-state index in [1.807, 2.05) is 26.0 Å². The van der Waals surface area contributed by atoms with Crippen molar-refractivity contribution in [3.63, 3.8) is 0 Å². The van der Waals surface area contributed by atoms with Crippen molar-refractivity contribution in [2.24, 2.45) is 0 Å². The lowest BCUT2D eigenvalue weighted by Gasteiger charge is -2.26. The van der Waals surface area contributed by atoms with Crippen molar-refractivity contribution in [2.75, 3.05) is 51.9 Å². The number of methoxy groups -OCH3 is 1. The molecule has 38 heavy (non-hydrogen) atoms. The van der Waals surface area contributed by atoms with Crippen molar-refractivity contribution in [1.29, 1.82) is 0 Å². The summed E-state index contributed by atoms with van der Waals surface area (Å²) in [4.78, 5) is 53.1. The second-order valence-corrected chi connectivity index (χ2v) is 9.82. The molecule has 2 aromatic rings. The summed E-state index contributed by atoms with van der Waals surface area (Å²) in [6, 6.07) is 10.6. The van der Waals surface area contributed by atoms with Crippen LogP contribution in [0.15, 0.2) is 41.3 Å². The van der Waals surface area contributed by atoms with Gasteiger partial charge in [-0.15, -0.1) is 0 Å². The molecule has 2 aromatic carbocycles. The SMILES string of the molecule is COc1cc(/C=C2\SC(=O)N(CC(=O)Nc3ccc(C)cc3C)C2=O)ccc1OCC(=O)N1CCOCC1. The monoisotopic (exact) mass is 539 g/mol. The molecule has 0 saturated carbocycles. The molecule has 2 saturated heterocycles. The van der Waals surface area contributed by atoms with Crippen molar-refractivity contribution in [3.05, 3.63) is 58.0 Å². The molecule has 11 heteroatoms. The third kappa shape index (κ3) is 6.53. The molecule has 4 rings (SSSR count). The Bertz CT molecular complexity index is 1290. The summed E-state index contributed by atoms with van der Waals surface area (Å²) < 4.78 is 16.3. The molecular weight excluding hydrogens is 510 g/mol. The number of benzene rings is 2. The fourth-order valence-electron chi connectivity index (χ4n) is 4.01. The molecule has 200 valence electrons. The Morgan fingerprint density at radius 2 is 1.84 bits per heavy atom. The van der Waals surface area contributed by atoms with Crippen LogP contribution in [-0.4, -0.2) is 79.3 Å². The van der Waals surface area contributed by atoms with Crippen LogP contribution in [0.1, 0.15) is 16.7 Å². The molecule has 0 unspecified atom stereocenters. The van der Waals surface area contributed by atoms with Crippen molar-refractivity contribution in [3.8, 4) is 11.5 Å². The summed E-state index contributed by atoms with van der Waals surface area (Å²) in [5, 5.41) is 2.23. The minimum Gasteiger partial charge on any atom is -0.493 e. The van der Waals surface area contributed by atoms with E-state index in [0.29, 0.717) is 49.1 Å². The highest BCUT2D eigenvalue weighted by Gasteiger charge is 2.36. The second kappa shape index (κ2) is 12.1. The van der Waals surface area contributed by atoms with Crippen LogP contribution in [0.4, 0.5) is 10.5 Å². The summed E-state index contributed by atoms with van der Waals surface area (Å²) >= 11 is 0.764. The molecule has 0 radical (unpaired) electrons. The maximum absolute atomic E-state index is 12.9. The molecule has 0 atom stereocenters. The van der Waals surface area contributed by atoms with Crippen LogP contribution in [-0.2, 0) is 19.1 Å². The van der Waals surface area contributed by atoms with E-state index in [1.165, 1.54) is 7.11 Å². The van der Waals surface area contributed by atoms with Gasteiger partial charge in [-0.3, -0.25) is 24.1 Å². The molecule has 10 nitrogen and oxygen atoms in total. The number of thioether (sulfide) groups is 1. The molecular formula is C27H29N3O7S. The zero-order valence-electron chi connectivity index (χ0n) is 21.4. The van der Waals surface area contributed by atoms with E-state index in [9.17, 15) is 19.2 Å². The third-order valence-electron chi connectivity index (χ3n) is 6.03. The Hall–Kier alpha value is -3.83. The van der Waals surface area contributed by atoms with Crippen LogP contribution < -0.4 is 14.8 Å². The first-order valence-electron chi connectivity index (χ1n) is 12.0. The maximum atomic E-state index is 12.9. The predicted molar refractivity (Wildman–Crippen MR) is 143 cm³/mol. The van der Waals surface area contributed by atoms with Gasteiger partial charge in [-0.05, 0) is 61.0 Å². The van der Waals surface area contributed by atoms with Gasteiger partial charge in [0.1, 0.15) is 6.54 Å². The van der Waals surface area contributed by atoms with E-state index >= 15 is 0 Å². The van der Waals surface area contributed by atoms with Crippen molar-refractivity contribution in [1.82, 2.24) is 9.80 Å². The van der Waals surface area contributed by atoms with Crippen LogP contribution in [0, 0.1) is 13.8 Å². The van der Waals surface area contributed by atoms with E-state index in [0.717, 1.165) is 27.8 Å². The fraction of sp³-hybridized carbons (Fsp3) is 0.333. The molecule has 1 N–H and O–H groups in total. The number of carbonyl (C=O) groups is 4. The number of hydrogen-bond donors (Lipinski definition) is 1. The first kappa shape index (κ1) is 27.2. The molecule has 2 aliphatic rings. The van der Waals surface area contributed by atoms with Gasteiger partial charge in [0.2, 0.25) is 5.91 Å². The van der Waals surface area contributed by atoms with E-state index < -0.39 is 17.1 Å². The summed E-state index contributed by atoms with van der Waals surface area (Å²) in [6.07, 6.45) is 1.55. The summed E-state index contributed by atoms with van der Waals surface area (Å²) in [5.74, 6) is -0.404. The van der Waals surface area contributed by atoms with Gasteiger partial charge in [0.25, 0.3) is 17.1 Å². The van der Waals surface area contributed by atoms with Crippen LogP contribution in [0.2, 0.25) is 0 Å². The number of imide groups is 1. The van der Waals surface area contributed by atoms with Gasteiger partial charge in [-0.1, -0.05) is 23.8 Å². The number of nitrogens with one attached hydrogen (secondary N) is 1. The predicted octanol–water partition coefficient (Wildman–Crippen LogP) is 3.22. The summed E-state index contributed by atoms with van der Waals surface area (Å²) in [7, 11) is 1.47. The van der Waals surface area contributed by atoms with Gasteiger partial charge in [-0.2, -0.15) is 0 Å². The molecule has 0 spiro atoms. The molecule has 2 aliphatic heterocycles. The Morgan fingerprint density at radius 1 is 1.08 bits per heavy atom. The van der Waals surface area contributed by atoms with Crippen molar-refractivity contribution >= 4 is 46.5 Å². The Balaban J connectivity index is 1.39. The van der Waals surface area contributed by atoms with Gasteiger partial charge in [0, 0.05) is 18.8 Å². The number of amides is 4. The lowest BCUT2D eigenvalue weighted by molar-refractivity contribution is -0.137. The number of hydrogen-bond acceptors (Lipinski definition) is 8. The average Bonchev–Trinajstić information content (AvgIpc) is 3.16. The number of nitrogens with zero attached hydrogens (tertiary/aromatic N) is 2. The number of morpholine rings is 1. The summed E-state index contributed by atoms with van der Waals surface area (Å²) in [6.45, 7) is 5.37. The lowest BCUT2D eigenvalue weighted by atomic mass is 10.1. The Kier molecular flexibility index (Phi) is 8.70. The first-order chi connectivity index (χ1) is 18.2. The van der Waals surface area contributed by atoms with E-state index in [-0.39, 0.29) is 24.0 Å². The quantitative estimate of drug-likeness (QED) is 0.509. The lowest BCUT2D eigenvalue weighted by Crippen LogP contribution is -2.43. The fourth-order valence-corrected chi connectivity index (χ4v) is 4.85. The second-order valence-electron chi connectivity index (χ2n) is 8.83. The highest BCUT2D eigenvalue weighted by molar-refractivity contribution is 8.18. The number of carbonyl (C=O) groups excluding carboxylic acids is 4. The highest BCUT2D eigenvalue weighted by atomic mass is 32.2. The van der Waals surface area contributed by atoms with Gasteiger partial charge >= 0.3 is 0 Å².